The molecule has 4 nitrogen and oxygen atoms in total. The monoisotopic (exact) mass is 297 g/mol. The van der Waals surface area contributed by atoms with Crippen LogP contribution in [0.4, 0.5) is 0 Å². The summed E-state index contributed by atoms with van der Waals surface area (Å²) >= 11 is 0. The van der Waals surface area contributed by atoms with Gasteiger partial charge in [-0.05, 0) is 30.0 Å². The summed E-state index contributed by atoms with van der Waals surface area (Å²) in [5.41, 5.74) is 7.16. The van der Waals surface area contributed by atoms with Crippen LogP contribution in [0.15, 0.2) is 29.2 Å². The van der Waals surface area contributed by atoms with E-state index >= 15 is 0 Å². The second-order valence-corrected chi connectivity index (χ2v) is 7.83. The van der Waals surface area contributed by atoms with Gasteiger partial charge < -0.3 is 10.5 Å². The van der Waals surface area contributed by atoms with Crippen molar-refractivity contribution in [3.05, 3.63) is 29.8 Å². The maximum Gasteiger partial charge on any atom is 0.179 e. The summed E-state index contributed by atoms with van der Waals surface area (Å²) in [5.74, 6) is 0.534. The third-order valence-electron chi connectivity index (χ3n) is 3.89. The molecule has 0 spiro atoms. The van der Waals surface area contributed by atoms with Crippen molar-refractivity contribution >= 4 is 9.84 Å². The first kappa shape index (κ1) is 15.5. The highest BCUT2D eigenvalue weighted by atomic mass is 32.2. The molecule has 112 valence electrons. The van der Waals surface area contributed by atoms with Gasteiger partial charge in [-0.25, -0.2) is 8.42 Å². The highest BCUT2D eigenvalue weighted by Crippen LogP contribution is 2.21. The number of hydrogen-bond donors (Lipinski definition) is 1. The SMILES string of the molecule is CC(C)c1ccc(S(=O)(=O)CC(N)C2CCOC2)cc1. The third kappa shape index (κ3) is 3.59. The van der Waals surface area contributed by atoms with E-state index in [1.54, 1.807) is 12.1 Å². The number of benzene rings is 1. The molecule has 1 aliphatic heterocycles. The van der Waals surface area contributed by atoms with Gasteiger partial charge in [0.1, 0.15) is 0 Å². The Balaban J connectivity index is 2.09. The van der Waals surface area contributed by atoms with Gasteiger partial charge in [0.25, 0.3) is 0 Å². The lowest BCUT2D eigenvalue weighted by atomic mass is 10.0. The maximum absolute atomic E-state index is 12.4. The second-order valence-electron chi connectivity index (χ2n) is 5.79. The molecule has 1 fully saturated rings. The van der Waals surface area contributed by atoms with Crippen molar-refractivity contribution < 1.29 is 13.2 Å². The number of nitrogens with two attached hydrogens (primary N) is 1. The average Bonchev–Trinajstić information content (AvgIpc) is 2.92. The molecule has 1 heterocycles. The van der Waals surface area contributed by atoms with E-state index in [1.807, 2.05) is 12.1 Å². The van der Waals surface area contributed by atoms with E-state index in [1.165, 1.54) is 0 Å². The molecule has 1 aromatic carbocycles. The van der Waals surface area contributed by atoms with Crippen LogP contribution in [-0.2, 0) is 14.6 Å². The molecule has 2 N–H and O–H groups in total. The first-order chi connectivity index (χ1) is 9.40. The lowest BCUT2D eigenvalue weighted by Crippen LogP contribution is -2.37. The second kappa shape index (κ2) is 6.24. The fraction of sp³-hybridized carbons (Fsp3) is 0.600. The van der Waals surface area contributed by atoms with E-state index in [0.29, 0.717) is 24.0 Å². The Morgan fingerprint density at radius 1 is 1.30 bits per heavy atom. The van der Waals surface area contributed by atoms with Crippen LogP contribution in [0.2, 0.25) is 0 Å². The lowest BCUT2D eigenvalue weighted by Gasteiger charge is -2.17. The average molecular weight is 297 g/mol. The molecule has 2 rings (SSSR count). The zero-order chi connectivity index (χ0) is 14.8. The summed E-state index contributed by atoms with van der Waals surface area (Å²) in [4.78, 5) is 0.358. The van der Waals surface area contributed by atoms with Crippen molar-refractivity contribution in [2.24, 2.45) is 11.7 Å². The summed E-state index contributed by atoms with van der Waals surface area (Å²) < 4.78 is 30.0. The molecule has 1 aliphatic rings. The van der Waals surface area contributed by atoms with Crippen molar-refractivity contribution in [3.63, 3.8) is 0 Å². The summed E-state index contributed by atoms with van der Waals surface area (Å²) in [6.45, 7) is 5.42. The fourth-order valence-corrected chi connectivity index (χ4v) is 3.96. The molecule has 0 saturated carbocycles. The van der Waals surface area contributed by atoms with Gasteiger partial charge in [0, 0.05) is 18.6 Å². The Bertz CT molecular complexity index is 531. The van der Waals surface area contributed by atoms with Gasteiger partial charge in [-0.1, -0.05) is 26.0 Å². The number of ether oxygens (including phenoxy) is 1. The van der Waals surface area contributed by atoms with Crippen molar-refractivity contribution in [2.45, 2.75) is 37.1 Å². The highest BCUT2D eigenvalue weighted by Gasteiger charge is 2.28. The van der Waals surface area contributed by atoms with Crippen LogP contribution in [0.25, 0.3) is 0 Å². The third-order valence-corrected chi connectivity index (χ3v) is 5.70. The molecule has 0 aliphatic carbocycles. The van der Waals surface area contributed by atoms with Crippen molar-refractivity contribution in [3.8, 4) is 0 Å². The molecule has 0 amide bonds. The normalized spacial score (nSPS) is 21.3. The number of rotatable bonds is 5. The minimum atomic E-state index is -3.32. The van der Waals surface area contributed by atoms with Crippen molar-refractivity contribution in [1.82, 2.24) is 0 Å². The summed E-state index contributed by atoms with van der Waals surface area (Å²) in [6, 6.07) is 6.77. The zero-order valence-corrected chi connectivity index (χ0v) is 12.9. The fourth-order valence-electron chi connectivity index (χ4n) is 2.44. The molecule has 0 bridgehead atoms. The smallest absolute Gasteiger partial charge is 0.179 e. The van der Waals surface area contributed by atoms with Crippen LogP contribution >= 0.6 is 0 Å². The van der Waals surface area contributed by atoms with E-state index in [-0.39, 0.29) is 17.7 Å². The van der Waals surface area contributed by atoms with Crippen molar-refractivity contribution in [2.75, 3.05) is 19.0 Å². The quantitative estimate of drug-likeness (QED) is 0.902. The summed E-state index contributed by atoms with van der Waals surface area (Å²) in [6.07, 6.45) is 0.850. The zero-order valence-electron chi connectivity index (χ0n) is 12.1. The first-order valence-electron chi connectivity index (χ1n) is 7.06. The van der Waals surface area contributed by atoms with Crippen LogP contribution in [0.3, 0.4) is 0 Å². The van der Waals surface area contributed by atoms with Gasteiger partial charge in [-0.3, -0.25) is 0 Å². The number of hydrogen-bond acceptors (Lipinski definition) is 4. The van der Waals surface area contributed by atoms with Crippen molar-refractivity contribution in [1.29, 1.82) is 0 Å². The summed E-state index contributed by atoms with van der Waals surface area (Å²) in [5, 5.41) is 0. The molecule has 0 aromatic heterocycles. The van der Waals surface area contributed by atoms with E-state index in [9.17, 15) is 8.42 Å². The van der Waals surface area contributed by atoms with Gasteiger partial charge in [0.15, 0.2) is 9.84 Å². The minimum absolute atomic E-state index is 0.0119. The standard InChI is InChI=1S/C15H23NO3S/c1-11(2)12-3-5-14(6-4-12)20(17,18)10-15(16)13-7-8-19-9-13/h3-6,11,13,15H,7-10,16H2,1-2H3. The molecular formula is C15H23NO3S. The number of sulfone groups is 1. The molecule has 2 unspecified atom stereocenters. The Morgan fingerprint density at radius 3 is 2.45 bits per heavy atom. The van der Waals surface area contributed by atoms with E-state index in [2.05, 4.69) is 13.8 Å². The van der Waals surface area contributed by atoms with Gasteiger partial charge in [-0.2, -0.15) is 0 Å². The maximum atomic E-state index is 12.4. The lowest BCUT2D eigenvalue weighted by molar-refractivity contribution is 0.182. The topological polar surface area (TPSA) is 69.4 Å². The molecule has 20 heavy (non-hydrogen) atoms. The van der Waals surface area contributed by atoms with Crippen LogP contribution in [0, 0.1) is 5.92 Å². The molecule has 1 saturated heterocycles. The Hall–Kier alpha value is -0.910. The van der Waals surface area contributed by atoms with Crippen LogP contribution in [-0.4, -0.2) is 33.4 Å². The van der Waals surface area contributed by atoms with Gasteiger partial charge in [0.2, 0.25) is 0 Å². The molecule has 2 atom stereocenters. The highest BCUT2D eigenvalue weighted by molar-refractivity contribution is 7.91. The van der Waals surface area contributed by atoms with Crippen LogP contribution in [0.1, 0.15) is 31.7 Å². The predicted molar refractivity (Wildman–Crippen MR) is 79.5 cm³/mol. The van der Waals surface area contributed by atoms with Crippen LogP contribution in [0.5, 0.6) is 0 Å². The van der Waals surface area contributed by atoms with Gasteiger partial charge >= 0.3 is 0 Å². The van der Waals surface area contributed by atoms with E-state index in [4.69, 9.17) is 10.5 Å². The Kier molecular flexibility index (Phi) is 4.83. The molecule has 0 radical (unpaired) electrons. The molecule has 5 heteroatoms. The minimum Gasteiger partial charge on any atom is -0.381 e. The van der Waals surface area contributed by atoms with Crippen LogP contribution < -0.4 is 5.73 Å². The summed E-state index contributed by atoms with van der Waals surface area (Å²) in [7, 11) is -3.32. The van der Waals surface area contributed by atoms with Gasteiger partial charge in [0.05, 0.1) is 17.3 Å². The first-order valence-corrected chi connectivity index (χ1v) is 8.71. The Morgan fingerprint density at radius 2 is 1.95 bits per heavy atom. The predicted octanol–water partition coefficient (Wildman–Crippen LogP) is 1.95. The molecule has 1 aromatic rings. The van der Waals surface area contributed by atoms with Gasteiger partial charge in [-0.15, -0.1) is 0 Å². The largest absolute Gasteiger partial charge is 0.381 e. The Labute approximate surface area is 121 Å². The van der Waals surface area contributed by atoms with E-state index < -0.39 is 9.84 Å². The molecular weight excluding hydrogens is 274 g/mol. The van der Waals surface area contributed by atoms with E-state index in [0.717, 1.165) is 12.0 Å².